The predicted octanol–water partition coefficient (Wildman–Crippen LogP) is 2.11. The number of amides is 2. The first-order valence-electron chi connectivity index (χ1n) is 10.6. The van der Waals surface area contributed by atoms with Gasteiger partial charge in [0, 0.05) is 44.7 Å². The summed E-state index contributed by atoms with van der Waals surface area (Å²) in [6.07, 6.45) is 1.59. The lowest BCUT2D eigenvalue weighted by Crippen LogP contribution is -2.54. The van der Waals surface area contributed by atoms with Crippen LogP contribution in [0.1, 0.15) is 39.2 Å². The van der Waals surface area contributed by atoms with Gasteiger partial charge in [-0.05, 0) is 31.9 Å². The second-order valence-corrected chi connectivity index (χ2v) is 11.3. The molecular weight excluding hydrogens is 402 g/mol. The summed E-state index contributed by atoms with van der Waals surface area (Å²) < 4.78 is 27.2. The summed E-state index contributed by atoms with van der Waals surface area (Å²) in [6, 6.07) is 6.84. The SMILES string of the molecule is Cc1ccc(S(=O)(=O)N2CCN(C(=O)C3CCCN(C(=O)C(C)(C)C)C3)CC2)cc1. The Morgan fingerprint density at radius 2 is 1.53 bits per heavy atom. The first kappa shape index (κ1) is 22.7. The van der Waals surface area contributed by atoms with Gasteiger partial charge in [-0.3, -0.25) is 9.59 Å². The van der Waals surface area contributed by atoms with E-state index in [-0.39, 0.29) is 22.6 Å². The molecule has 7 nitrogen and oxygen atoms in total. The van der Waals surface area contributed by atoms with Gasteiger partial charge in [-0.15, -0.1) is 0 Å². The topological polar surface area (TPSA) is 78.0 Å². The zero-order chi connectivity index (χ0) is 22.1. The average molecular weight is 436 g/mol. The number of carbonyl (C=O) groups is 2. The fraction of sp³-hybridized carbons (Fsp3) is 0.636. The van der Waals surface area contributed by atoms with Crippen LogP contribution in [0, 0.1) is 18.3 Å². The quantitative estimate of drug-likeness (QED) is 0.729. The summed E-state index contributed by atoms with van der Waals surface area (Å²) in [4.78, 5) is 29.5. The molecule has 0 bridgehead atoms. The van der Waals surface area contributed by atoms with Crippen molar-refractivity contribution in [2.75, 3.05) is 39.3 Å². The van der Waals surface area contributed by atoms with Gasteiger partial charge in [0.2, 0.25) is 21.8 Å². The highest BCUT2D eigenvalue weighted by atomic mass is 32.2. The molecule has 2 fully saturated rings. The third-order valence-electron chi connectivity index (χ3n) is 5.91. The van der Waals surface area contributed by atoms with E-state index in [0.717, 1.165) is 18.4 Å². The molecule has 0 N–H and O–H groups in total. The number of hydrogen-bond donors (Lipinski definition) is 0. The summed E-state index contributed by atoms with van der Waals surface area (Å²) in [5.41, 5.74) is 0.553. The molecule has 0 saturated carbocycles. The standard InChI is InChI=1S/C22H33N3O4S/c1-17-7-9-19(10-8-17)30(28,29)25-14-12-23(13-15-25)20(26)18-6-5-11-24(16-18)21(27)22(2,3)4/h7-10,18H,5-6,11-16H2,1-4H3. The molecule has 2 aliphatic heterocycles. The van der Waals surface area contributed by atoms with Crippen LogP contribution in [0.5, 0.6) is 0 Å². The molecule has 166 valence electrons. The van der Waals surface area contributed by atoms with Crippen molar-refractivity contribution in [2.45, 2.75) is 45.4 Å². The van der Waals surface area contributed by atoms with Crippen LogP contribution in [0.4, 0.5) is 0 Å². The summed E-state index contributed by atoms with van der Waals surface area (Å²) in [6.45, 7) is 10.1. The molecule has 1 aromatic rings. The molecule has 2 saturated heterocycles. The van der Waals surface area contributed by atoms with Gasteiger partial charge in [0.25, 0.3) is 0 Å². The summed E-state index contributed by atoms with van der Waals surface area (Å²) in [5, 5.41) is 0. The number of nitrogens with zero attached hydrogens (tertiary/aromatic N) is 3. The number of sulfonamides is 1. The van der Waals surface area contributed by atoms with Gasteiger partial charge in [0.15, 0.2) is 0 Å². The third-order valence-corrected chi connectivity index (χ3v) is 7.82. The average Bonchev–Trinajstić information content (AvgIpc) is 2.72. The Morgan fingerprint density at radius 3 is 2.10 bits per heavy atom. The van der Waals surface area contributed by atoms with E-state index in [9.17, 15) is 18.0 Å². The lowest BCUT2D eigenvalue weighted by molar-refractivity contribution is -0.145. The van der Waals surface area contributed by atoms with Crippen LogP contribution < -0.4 is 0 Å². The maximum Gasteiger partial charge on any atom is 0.243 e. The number of piperidine rings is 1. The van der Waals surface area contributed by atoms with Crippen molar-refractivity contribution < 1.29 is 18.0 Å². The summed E-state index contributed by atoms with van der Waals surface area (Å²) in [7, 11) is -3.55. The number of carbonyl (C=O) groups excluding carboxylic acids is 2. The molecular formula is C22H33N3O4S. The molecule has 30 heavy (non-hydrogen) atoms. The van der Waals surface area contributed by atoms with Gasteiger partial charge in [-0.25, -0.2) is 8.42 Å². The molecule has 8 heteroatoms. The van der Waals surface area contributed by atoms with E-state index in [4.69, 9.17) is 0 Å². The van der Waals surface area contributed by atoms with E-state index in [2.05, 4.69) is 0 Å². The van der Waals surface area contributed by atoms with E-state index >= 15 is 0 Å². The molecule has 1 aromatic carbocycles. The highest BCUT2D eigenvalue weighted by molar-refractivity contribution is 7.89. The Morgan fingerprint density at radius 1 is 0.933 bits per heavy atom. The van der Waals surface area contributed by atoms with Crippen molar-refractivity contribution >= 4 is 21.8 Å². The first-order chi connectivity index (χ1) is 14.0. The monoisotopic (exact) mass is 435 g/mol. The van der Waals surface area contributed by atoms with Crippen LogP contribution in [0.3, 0.4) is 0 Å². The van der Waals surface area contributed by atoms with Crippen LogP contribution in [-0.2, 0) is 19.6 Å². The molecule has 1 atom stereocenters. The highest BCUT2D eigenvalue weighted by Gasteiger charge is 2.37. The maximum atomic E-state index is 13.1. The predicted molar refractivity (Wildman–Crippen MR) is 115 cm³/mol. The van der Waals surface area contributed by atoms with Crippen LogP contribution in [0.2, 0.25) is 0 Å². The molecule has 2 heterocycles. The number of hydrogen-bond acceptors (Lipinski definition) is 4. The largest absolute Gasteiger partial charge is 0.341 e. The van der Waals surface area contributed by atoms with E-state index in [1.165, 1.54) is 4.31 Å². The molecule has 2 aliphatic rings. The number of aryl methyl sites for hydroxylation is 1. The minimum atomic E-state index is -3.55. The molecule has 2 amide bonds. The van der Waals surface area contributed by atoms with Gasteiger partial charge >= 0.3 is 0 Å². The Balaban J connectivity index is 1.60. The molecule has 3 rings (SSSR count). The second-order valence-electron chi connectivity index (χ2n) is 9.38. The second kappa shape index (κ2) is 8.67. The maximum absolute atomic E-state index is 13.1. The highest BCUT2D eigenvalue weighted by Crippen LogP contribution is 2.25. The van der Waals surface area contributed by atoms with Crippen molar-refractivity contribution in [2.24, 2.45) is 11.3 Å². The van der Waals surface area contributed by atoms with Gasteiger partial charge in [0.05, 0.1) is 10.8 Å². The van der Waals surface area contributed by atoms with Crippen molar-refractivity contribution in [1.82, 2.24) is 14.1 Å². The number of benzene rings is 1. The molecule has 1 unspecified atom stereocenters. The van der Waals surface area contributed by atoms with E-state index in [1.807, 2.05) is 32.6 Å². The van der Waals surface area contributed by atoms with Gasteiger partial charge in [-0.1, -0.05) is 38.5 Å². The summed E-state index contributed by atoms with van der Waals surface area (Å²) >= 11 is 0. The van der Waals surface area contributed by atoms with Crippen molar-refractivity contribution in [3.8, 4) is 0 Å². The van der Waals surface area contributed by atoms with Crippen LogP contribution >= 0.6 is 0 Å². The van der Waals surface area contributed by atoms with E-state index in [1.54, 1.807) is 29.2 Å². The number of likely N-dealkylation sites (tertiary alicyclic amines) is 1. The van der Waals surface area contributed by atoms with Crippen LogP contribution in [0.25, 0.3) is 0 Å². The first-order valence-corrected chi connectivity index (χ1v) is 12.1. The zero-order valence-corrected chi connectivity index (χ0v) is 19.2. The molecule has 0 aliphatic carbocycles. The zero-order valence-electron chi connectivity index (χ0n) is 18.4. The Hall–Kier alpha value is -1.93. The lowest BCUT2D eigenvalue weighted by atomic mass is 9.90. The van der Waals surface area contributed by atoms with Crippen molar-refractivity contribution in [3.63, 3.8) is 0 Å². The van der Waals surface area contributed by atoms with Crippen LogP contribution in [-0.4, -0.2) is 73.6 Å². The molecule has 0 radical (unpaired) electrons. The van der Waals surface area contributed by atoms with Crippen molar-refractivity contribution in [3.05, 3.63) is 29.8 Å². The fourth-order valence-electron chi connectivity index (χ4n) is 4.10. The van der Waals surface area contributed by atoms with Crippen LogP contribution in [0.15, 0.2) is 29.2 Å². The minimum Gasteiger partial charge on any atom is -0.341 e. The van der Waals surface area contributed by atoms with E-state index in [0.29, 0.717) is 39.3 Å². The Kier molecular flexibility index (Phi) is 6.57. The normalized spacial score (nSPS) is 21.5. The van der Waals surface area contributed by atoms with E-state index < -0.39 is 15.4 Å². The molecule has 0 spiro atoms. The third kappa shape index (κ3) is 4.86. The number of piperazine rings is 1. The number of rotatable bonds is 3. The van der Waals surface area contributed by atoms with Gasteiger partial charge < -0.3 is 9.80 Å². The fourth-order valence-corrected chi connectivity index (χ4v) is 5.53. The Labute approximate surface area is 180 Å². The van der Waals surface area contributed by atoms with Crippen molar-refractivity contribution in [1.29, 1.82) is 0 Å². The van der Waals surface area contributed by atoms with Gasteiger partial charge in [-0.2, -0.15) is 4.31 Å². The lowest BCUT2D eigenvalue weighted by Gasteiger charge is -2.39. The smallest absolute Gasteiger partial charge is 0.243 e. The minimum absolute atomic E-state index is 0.0359. The molecule has 0 aromatic heterocycles. The van der Waals surface area contributed by atoms with Gasteiger partial charge in [0.1, 0.15) is 0 Å². The summed E-state index contributed by atoms with van der Waals surface area (Å²) in [5.74, 6) is -0.0897. The Bertz CT molecular complexity index is 882.